The highest BCUT2D eigenvalue weighted by Crippen LogP contribution is 2.20. The fourth-order valence-corrected chi connectivity index (χ4v) is 3.83. The summed E-state index contributed by atoms with van der Waals surface area (Å²) in [5, 5.41) is 14.8. The van der Waals surface area contributed by atoms with Crippen LogP contribution in [0.3, 0.4) is 0 Å². The highest BCUT2D eigenvalue weighted by molar-refractivity contribution is 6.66. The molecule has 46 heavy (non-hydrogen) atoms. The normalized spacial score (nSPS) is 10.6. The second-order valence-electron chi connectivity index (χ2n) is 9.62. The molecule has 0 saturated heterocycles. The smallest absolute Gasteiger partial charge is 0.386 e. The van der Waals surface area contributed by atoms with E-state index in [-0.39, 0.29) is 24.6 Å². The van der Waals surface area contributed by atoms with E-state index >= 15 is 0 Å². The van der Waals surface area contributed by atoms with Crippen LogP contribution in [0.15, 0.2) is 78.8 Å². The van der Waals surface area contributed by atoms with Crippen molar-refractivity contribution < 1.29 is 37.0 Å². The molecule has 14 heteroatoms. The third kappa shape index (κ3) is 9.98. The standard InChI is InChI=1S/C29H26BF3N4O4.C3H6O2/c1-4-11-30(17-34)37-15-22(28(39)35-14-21-23(32)12-20(31)13-24(21)33)26(38)27(25(37)29(40)36-18(3)5-2)41-16-19-9-7-6-8-10-19;1-3(4)5-2/h4-10,12-13,15,18H,1-2,11,14,16H2,3H3,(H,35,39)(H,36,40);1-2H3. The predicted octanol–water partition coefficient (Wildman–Crippen LogP) is 4.35. The van der Waals surface area contributed by atoms with Gasteiger partial charge in [-0.15, -0.1) is 13.2 Å². The van der Waals surface area contributed by atoms with Gasteiger partial charge in [-0.1, -0.05) is 42.5 Å². The van der Waals surface area contributed by atoms with Crippen LogP contribution >= 0.6 is 0 Å². The summed E-state index contributed by atoms with van der Waals surface area (Å²) in [6.45, 7) is 8.26. The molecule has 0 saturated carbocycles. The summed E-state index contributed by atoms with van der Waals surface area (Å²) in [6.07, 6.45) is 3.91. The number of hydrogen-bond donors (Lipinski definition) is 2. The van der Waals surface area contributed by atoms with Crippen molar-refractivity contribution >= 4 is 24.6 Å². The Balaban J connectivity index is 0.00000136. The minimum atomic E-state index is -1.23. The number of esters is 1. The number of aromatic nitrogens is 1. The first-order valence-electron chi connectivity index (χ1n) is 13.7. The molecule has 2 N–H and O–H groups in total. The Morgan fingerprint density at radius 3 is 2.24 bits per heavy atom. The largest absolute Gasteiger partial charge is 0.483 e. The summed E-state index contributed by atoms with van der Waals surface area (Å²) in [4.78, 5) is 49.8. The molecule has 0 aliphatic rings. The van der Waals surface area contributed by atoms with Crippen molar-refractivity contribution in [2.24, 2.45) is 0 Å². The Morgan fingerprint density at radius 2 is 1.72 bits per heavy atom. The molecule has 2 aromatic carbocycles. The highest BCUT2D eigenvalue weighted by atomic mass is 19.1. The topological polar surface area (TPSA) is 140 Å². The van der Waals surface area contributed by atoms with E-state index in [1.54, 1.807) is 37.3 Å². The number of pyridine rings is 1. The zero-order valence-corrected chi connectivity index (χ0v) is 25.4. The van der Waals surface area contributed by atoms with Crippen LogP contribution in [0.4, 0.5) is 13.2 Å². The Labute approximate surface area is 264 Å². The van der Waals surface area contributed by atoms with Crippen LogP contribution in [0.1, 0.15) is 45.8 Å². The fraction of sp³-hybridized carbons (Fsp3) is 0.219. The van der Waals surface area contributed by atoms with E-state index in [4.69, 9.17) is 4.74 Å². The maximum Gasteiger partial charge on any atom is 0.386 e. The fourth-order valence-electron chi connectivity index (χ4n) is 3.83. The van der Waals surface area contributed by atoms with Gasteiger partial charge in [0.2, 0.25) is 5.43 Å². The van der Waals surface area contributed by atoms with Gasteiger partial charge in [-0.25, -0.2) is 18.4 Å². The third-order valence-corrected chi connectivity index (χ3v) is 6.28. The average molecular weight is 636 g/mol. The van der Waals surface area contributed by atoms with Gasteiger partial charge in [-0.3, -0.25) is 19.2 Å². The van der Waals surface area contributed by atoms with E-state index in [2.05, 4.69) is 28.5 Å². The van der Waals surface area contributed by atoms with Gasteiger partial charge in [-0.2, -0.15) is 0 Å². The summed E-state index contributed by atoms with van der Waals surface area (Å²) >= 11 is 0. The molecule has 3 aromatic rings. The molecule has 0 aliphatic heterocycles. The monoisotopic (exact) mass is 636 g/mol. The first-order valence-corrected chi connectivity index (χ1v) is 13.7. The molecule has 1 heterocycles. The maximum atomic E-state index is 14.1. The third-order valence-electron chi connectivity index (χ3n) is 6.28. The van der Waals surface area contributed by atoms with Gasteiger partial charge in [-0.05, 0) is 18.8 Å². The lowest BCUT2D eigenvalue weighted by Gasteiger charge is -2.21. The van der Waals surface area contributed by atoms with Crippen molar-refractivity contribution in [3.8, 4) is 11.7 Å². The van der Waals surface area contributed by atoms with Gasteiger partial charge in [0.25, 0.3) is 11.8 Å². The zero-order valence-electron chi connectivity index (χ0n) is 25.4. The number of methoxy groups -OCH3 is 1. The molecular formula is C32H32BF3N4O6. The number of nitriles is 1. The molecule has 1 atom stereocenters. The van der Waals surface area contributed by atoms with Crippen LogP contribution in [0, 0.1) is 28.7 Å². The van der Waals surface area contributed by atoms with Crippen molar-refractivity contribution in [3.05, 3.63) is 124 Å². The lowest BCUT2D eigenvalue weighted by atomic mass is 9.60. The summed E-state index contributed by atoms with van der Waals surface area (Å²) in [6, 6.07) is 9.07. The van der Waals surface area contributed by atoms with E-state index in [1.807, 2.05) is 5.97 Å². The van der Waals surface area contributed by atoms with Crippen molar-refractivity contribution in [2.45, 2.75) is 39.4 Å². The Morgan fingerprint density at radius 1 is 1.11 bits per heavy atom. The van der Waals surface area contributed by atoms with E-state index < -0.39 is 71.0 Å². The predicted molar refractivity (Wildman–Crippen MR) is 166 cm³/mol. The molecule has 0 fully saturated rings. The van der Waals surface area contributed by atoms with Crippen molar-refractivity contribution in [1.29, 1.82) is 5.26 Å². The number of nitrogens with zero attached hydrogens (tertiary/aromatic N) is 2. The van der Waals surface area contributed by atoms with E-state index in [1.165, 1.54) is 26.2 Å². The molecule has 1 aromatic heterocycles. The van der Waals surface area contributed by atoms with Crippen LogP contribution in [0.5, 0.6) is 5.75 Å². The lowest BCUT2D eigenvalue weighted by molar-refractivity contribution is -0.137. The first kappa shape index (κ1) is 36.6. The summed E-state index contributed by atoms with van der Waals surface area (Å²) in [5.41, 5.74) is -1.86. The number of allylic oxidation sites excluding steroid dienone is 1. The van der Waals surface area contributed by atoms with Gasteiger partial charge in [0.15, 0.2) is 5.75 Å². The number of hydrogen-bond acceptors (Lipinski definition) is 7. The molecule has 0 radical (unpaired) electrons. The van der Waals surface area contributed by atoms with Crippen LogP contribution < -0.4 is 20.8 Å². The number of nitrogens with one attached hydrogen (secondary N) is 2. The van der Waals surface area contributed by atoms with Crippen LogP contribution in [-0.4, -0.2) is 42.3 Å². The summed E-state index contributed by atoms with van der Waals surface area (Å²) < 4.78 is 52.6. The second-order valence-corrected chi connectivity index (χ2v) is 9.62. The quantitative estimate of drug-likeness (QED) is 0.171. The molecular weight excluding hydrogens is 604 g/mol. The molecule has 10 nitrogen and oxygen atoms in total. The van der Waals surface area contributed by atoms with Crippen LogP contribution in [0.2, 0.25) is 6.32 Å². The molecule has 0 aliphatic carbocycles. The Kier molecular flexibility index (Phi) is 14.1. The van der Waals surface area contributed by atoms with E-state index in [0.29, 0.717) is 17.7 Å². The number of ether oxygens (including phenoxy) is 2. The van der Waals surface area contributed by atoms with Gasteiger partial charge >= 0.3 is 12.8 Å². The highest BCUT2D eigenvalue weighted by Gasteiger charge is 2.31. The molecule has 0 bridgehead atoms. The minimum absolute atomic E-state index is 0.0296. The number of carbonyl (C=O) groups is 3. The molecule has 3 rings (SSSR count). The number of amides is 2. The molecule has 1 unspecified atom stereocenters. The van der Waals surface area contributed by atoms with Gasteiger partial charge < -0.3 is 24.6 Å². The van der Waals surface area contributed by atoms with Gasteiger partial charge in [0, 0.05) is 49.4 Å². The first-order chi connectivity index (χ1) is 21.9. The Bertz CT molecular complexity index is 1670. The minimum Gasteiger partial charge on any atom is -0.483 e. The Hall–Kier alpha value is -5.58. The number of halogens is 3. The number of carbonyl (C=O) groups excluding carboxylic acids is 3. The van der Waals surface area contributed by atoms with Gasteiger partial charge in [0.1, 0.15) is 35.3 Å². The van der Waals surface area contributed by atoms with E-state index in [0.717, 1.165) is 10.7 Å². The van der Waals surface area contributed by atoms with Crippen LogP contribution in [-0.2, 0) is 22.7 Å². The molecule has 0 spiro atoms. The zero-order chi connectivity index (χ0) is 34.4. The molecule has 240 valence electrons. The maximum absolute atomic E-state index is 14.1. The van der Waals surface area contributed by atoms with Crippen molar-refractivity contribution in [2.75, 3.05) is 7.11 Å². The summed E-state index contributed by atoms with van der Waals surface area (Å²) in [5.74, 6) is -4.19. The lowest BCUT2D eigenvalue weighted by Crippen LogP contribution is -2.40. The SMILES string of the molecule is C=CCB(C#N)n1cc(C(=O)NCc2c(F)cc(F)cc2F)c(=O)c(OCc2ccccc2)c1C(=O)NC(C)C=C.COC(C)=O. The number of rotatable bonds is 12. The summed E-state index contributed by atoms with van der Waals surface area (Å²) in [7, 11) is 1.35. The van der Waals surface area contributed by atoms with Gasteiger partial charge in [0.05, 0.1) is 7.11 Å². The van der Waals surface area contributed by atoms with Crippen molar-refractivity contribution in [1.82, 2.24) is 15.1 Å². The van der Waals surface area contributed by atoms with Crippen molar-refractivity contribution in [3.63, 3.8) is 0 Å². The number of benzene rings is 2. The van der Waals surface area contributed by atoms with Crippen LogP contribution in [0.25, 0.3) is 0 Å². The van der Waals surface area contributed by atoms with E-state index in [9.17, 15) is 37.6 Å². The average Bonchev–Trinajstić information content (AvgIpc) is 3.02. The molecule has 2 amide bonds. The second kappa shape index (κ2) is 17.7.